The molecule has 0 aliphatic carbocycles. The van der Waals surface area contributed by atoms with Crippen molar-refractivity contribution in [3.05, 3.63) is 59.7 Å². The number of carboxylic acid groups (broad SMARTS) is 2. The van der Waals surface area contributed by atoms with E-state index >= 15 is 0 Å². The molecule has 0 radical (unpaired) electrons. The van der Waals surface area contributed by atoms with Gasteiger partial charge in [-0.25, -0.2) is 4.79 Å². The molecular formula is C43H61N7O13. The molecule has 20 heteroatoms. The van der Waals surface area contributed by atoms with Gasteiger partial charge in [-0.2, -0.15) is 0 Å². The lowest BCUT2D eigenvalue weighted by Crippen LogP contribution is -2.60. The van der Waals surface area contributed by atoms with Crippen molar-refractivity contribution >= 4 is 53.2 Å². The number of ketones is 1. The van der Waals surface area contributed by atoms with Crippen molar-refractivity contribution < 1.29 is 63.6 Å². The van der Waals surface area contributed by atoms with Gasteiger partial charge in [-0.1, -0.05) is 85.7 Å². The Morgan fingerprint density at radius 3 is 1.57 bits per heavy atom. The van der Waals surface area contributed by atoms with Crippen LogP contribution in [-0.4, -0.2) is 110 Å². The second kappa shape index (κ2) is 24.2. The van der Waals surface area contributed by atoms with E-state index in [1.165, 1.54) is 13.8 Å². The molecule has 7 atom stereocenters. The maximum absolute atomic E-state index is 14.1. The molecule has 2 aromatic rings. The molecule has 0 aliphatic heterocycles. The summed E-state index contributed by atoms with van der Waals surface area (Å²) < 4.78 is 0. The van der Waals surface area contributed by atoms with E-state index in [9.17, 15) is 58.5 Å². The summed E-state index contributed by atoms with van der Waals surface area (Å²) in [5, 5.41) is 53.5. The first-order valence-corrected chi connectivity index (χ1v) is 20.5. The highest BCUT2D eigenvalue weighted by atomic mass is 16.4. The largest absolute Gasteiger partial charge is 0.508 e. The van der Waals surface area contributed by atoms with Crippen LogP contribution in [0.2, 0.25) is 0 Å². The summed E-state index contributed by atoms with van der Waals surface area (Å²) in [6.45, 7) is 13.0. The zero-order valence-corrected chi connectivity index (χ0v) is 36.6. The molecule has 0 heterocycles. The van der Waals surface area contributed by atoms with Crippen molar-refractivity contribution in [3.63, 3.8) is 0 Å². The zero-order chi connectivity index (χ0) is 47.9. The van der Waals surface area contributed by atoms with Gasteiger partial charge in [-0.05, 0) is 53.4 Å². The summed E-state index contributed by atoms with van der Waals surface area (Å²) in [6, 6.07) is 1.39. The summed E-state index contributed by atoms with van der Waals surface area (Å²) in [6.07, 6.45) is -1.16. The molecular weight excluding hydrogens is 823 g/mol. The predicted molar refractivity (Wildman–Crippen MR) is 227 cm³/mol. The van der Waals surface area contributed by atoms with Gasteiger partial charge in [0.1, 0.15) is 47.8 Å². The van der Waals surface area contributed by atoms with Crippen LogP contribution >= 0.6 is 0 Å². The van der Waals surface area contributed by atoms with Crippen molar-refractivity contribution in [2.24, 2.45) is 29.4 Å². The minimum atomic E-state index is -1.81. The van der Waals surface area contributed by atoms with E-state index in [0.29, 0.717) is 5.56 Å². The summed E-state index contributed by atoms with van der Waals surface area (Å²) in [4.78, 5) is 118. The Balaban J connectivity index is 2.45. The SMILES string of the molecule is CC(C)CC(NC(=O)C(NC(=O)C(N)C(C)C)c1cc(O)cc(O)c1)C(=O)NC(Cc1ccccc1)C(=O)C(=O)NC(C(=O)NC(C(=O)NC(CC(=O)O)C(=O)O)C(C)C)C(C)C. The van der Waals surface area contributed by atoms with Crippen molar-refractivity contribution in [1.82, 2.24) is 31.9 Å². The van der Waals surface area contributed by atoms with Gasteiger partial charge in [0.25, 0.3) is 5.91 Å². The number of hydrogen-bond donors (Lipinski definition) is 11. The highest BCUT2D eigenvalue weighted by Gasteiger charge is 2.37. The predicted octanol–water partition coefficient (Wildman–Crippen LogP) is 0.392. The second-order valence-electron chi connectivity index (χ2n) is 16.7. The molecule has 346 valence electrons. The number of amides is 6. The second-order valence-corrected chi connectivity index (χ2v) is 16.7. The Kier molecular flexibility index (Phi) is 20.2. The molecule has 12 N–H and O–H groups in total. The van der Waals surface area contributed by atoms with E-state index in [0.717, 1.165) is 18.2 Å². The smallest absolute Gasteiger partial charge is 0.326 e. The Morgan fingerprint density at radius 2 is 1.08 bits per heavy atom. The van der Waals surface area contributed by atoms with Gasteiger partial charge in [-0.3, -0.25) is 38.4 Å². The molecule has 20 nitrogen and oxygen atoms in total. The number of Topliss-reactive ketones (excluding diaryl/α,β-unsaturated/α-hetero) is 1. The van der Waals surface area contributed by atoms with Crippen molar-refractivity contribution in [2.45, 2.75) is 117 Å². The average Bonchev–Trinajstić information content (AvgIpc) is 3.18. The molecule has 2 aromatic carbocycles. The van der Waals surface area contributed by atoms with Gasteiger partial charge in [-0.15, -0.1) is 0 Å². The first-order chi connectivity index (χ1) is 29.3. The monoisotopic (exact) mass is 883 g/mol. The van der Waals surface area contributed by atoms with Gasteiger partial charge in [0.05, 0.1) is 12.5 Å². The Bertz CT molecular complexity index is 1950. The number of benzene rings is 2. The highest BCUT2D eigenvalue weighted by Crippen LogP contribution is 2.26. The van der Waals surface area contributed by atoms with Crippen LogP contribution in [0.4, 0.5) is 0 Å². The number of phenols is 2. The number of carbonyl (C=O) groups is 9. The molecule has 6 amide bonds. The van der Waals surface area contributed by atoms with Crippen molar-refractivity contribution in [3.8, 4) is 11.5 Å². The van der Waals surface area contributed by atoms with Gasteiger partial charge >= 0.3 is 11.9 Å². The van der Waals surface area contributed by atoms with Crippen LogP contribution in [0, 0.1) is 23.7 Å². The average molecular weight is 884 g/mol. The van der Waals surface area contributed by atoms with E-state index in [2.05, 4.69) is 31.9 Å². The van der Waals surface area contributed by atoms with Crippen LogP contribution < -0.4 is 37.6 Å². The molecule has 0 aromatic heterocycles. The van der Waals surface area contributed by atoms with Crippen LogP contribution in [0.5, 0.6) is 11.5 Å². The quantitative estimate of drug-likeness (QED) is 0.0636. The van der Waals surface area contributed by atoms with Crippen LogP contribution in [0.3, 0.4) is 0 Å². The molecule has 0 fully saturated rings. The summed E-state index contributed by atoms with van der Waals surface area (Å²) in [5.41, 5.74) is 6.51. The first kappa shape index (κ1) is 52.6. The van der Waals surface area contributed by atoms with E-state index in [1.807, 2.05) is 0 Å². The molecule has 0 saturated heterocycles. The number of carboxylic acids is 2. The minimum absolute atomic E-state index is 0.00279. The molecule has 63 heavy (non-hydrogen) atoms. The van der Waals surface area contributed by atoms with Gasteiger partial charge < -0.3 is 58.1 Å². The summed E-state index contributed by atoms with van der Waals surface area (Å²) in [7, 11) is 0. The maximum Gasteiger partial charge on any atom is 0.326 e. The molecule has 0 aliphatic rings. The molecule has 0 saturated carbocycles. The third kappa shape index (κ3) is 16.7. The number of aliphatic carboxylic acids is 2. The number of hydrogen-bond acceptors (Lipinski definition) is 12. The van der Waals surface area contributed by atoms with Gasteiger partial charge in [0.15, 0.2) is 0 Å². The van der Waals surface area contributed by atoms with Crippen molar-refractivity contribution in [1.29, 1.82) is 0 Å². The lowest BCUT2D eigenvalue weighted by molar-refractivity contribution is -0.147. The van der Waals surface area contributed by atoms with E-state index in [4.69, 9.17) is 10.8 Å². The topological polar surface area (TPSA) is 333 Å². The van der Waals surface area contributed by atoms with Crippen LogP contribution in [0.25, 0.3) is 0 Å². The number of phenolic OH excluding ortho intramolecular Hbond substituents is 2. The van der Waals surface area contributed by atoms with Gasteiger partial charge in [0, 0.05) is 12.5 Å². The fourth-order valence-corrected chi connectivity index (χ4v) is 6.24. The highest BCUT2D eigenvalue weighted by molar-refractivity contribution is 6.39. The molecule has 0 spiro atoms. The fraction of sp³-hybridized carbons (Fsp3) is 0.512. The third-order valence-corrected chi connectivity index (χ3v) is 9.78. The van der Waals surface area contributed by atoms with Gasteiger partial charge in [0.2, 0.25) is 35.3 Å². The van der Waals surface area contributed by atoms with Crippen LogP contribution in [-0.2, 0) is 49.6 Å². The lowest BCUT2D eigenvalue weighted by atomic mass is 9.97. The number of rotatable bonds is 24. The standard InChI is InChI=1S/C43H61N7O13/c1-20(2)14-29(46-41(60)35(50-38(57)32(44)21(3)4)25-16-26(51)18-27(52)17-25)37(56)45-28(15-24-12-10-9-11-13-24)36(55)42(61)49-34(23(7)8)40(59)48-33(22(5)6)39(58)47-30(43(62)63)19-31(53)54/h9-13,16-18,20-23,28-30,32-35,51-52H,14-15,19,44H2,1-8H3,(H,45,56)(H,46,60)(H,47,58)(H,48,59)(H,49,61)(H,50,57)(H,53,54)(H,62,63). The van der Waals surface area contributed by atoms with Crippen LogP contribution in [0.1, 0.15) is 85.4 Å². The Morgan fingerprint density at radius 1 is 0.571 bits per heavy atom. The molecule has 2 rings (SSSR count). The number of nitrogens with one attached hydrogen (secondary N) is 6. The summed E-state index contributed by atoms with van der Waals surface area (Å²) in [5.74, 6) is -12.9. The Hall–Kier alpha value is -6.57. The summed E-state index contributed by atoms with van der Waals surface area (Å²) >= 11 is 0. The number of nitrogens with two attached hydrogens (primary N) is 1. The lowest BCUT2D eigenvalue weighted by Gasteiger charge is -2.28. The zero-order valence-electron chi connectivity index (χ0n) is 36.6. The number of aromatic hydroxyl groups is 2. The normalized spacial score (nSPS) is 14.6. The first-order valence-electron chi connectivity index (χ1n) is 20.5. The minimum Gasteiger partial charge on any atom is -0.508 e. The van der Waals surface area contributed by atoms with E-state index in [1.54, 1.807) is 71.9 Å². The Labute approximate surface area is 365 Å². The van der Waals surface area contributed by atoms with Crippen molar-refractivity contribution in [2.75, 3.05) is 0 Å². The van der Waals surface area contributed by atoms with E-state index in [-0.39, 0.29) is 30.2 Å². The molecule has 7 unspecified atom stereocenters. The number of carbonyl (C=O) groups excluding carboxylic acids is 7. The third-order valence-electron chi connectivity index (χ3n) is 9.78. The van der Waals surface area contributed by atoms with Crippen LogP contribution in [0.15, 0.2) is 48.5 Å². The fourth-order valence-electron chi connectivity index (χ4n) is 6.24. The maximum atomic E-state index is 14.1. The van der Waals surface area contributed by atoms with E-state index < -0.39 is 125 Å². The molecule has 0 bridgehead atoms.